The molecule has 2 rings (SSSR count). The van der Waals surface area contributed by atoms with Gasteiger partial charge >= 0.3 is 0 Å². The molecule has 1 aromatic rings. The van der Waals surface area contributed by atoms with Crippen molar-refractivity contribution in [2.45, 2.75) is 32.2 Å². The second-order valence-corrected chi connectivity index (χ2v) is 5.16. The van der Waals surface area contributed by atoms with Gasteiger partial charge in [0.2, 0.25) is 0 Å². The molecule has 4 heteroatoms. The summed E-state index contributed by atoms with van der Waals surface area (Å²) in [5.41, 5.74) is 7.30. The largest absolute Gasteiger partial charge is 0.399 e. The van der Waals surface area contributed by atoms with E-state index in [1.54, 1.807) is 0 Å². The van der Waals surface area contributed by atoms with Gasteiger partial charge in [-0.25, -0.2) is 0 Å². The molecular weight excluding hydrogens is 228 g/mol. The highest BCUT2D eigenvalue weighted by atomic mass is 16.5. The summed E-state index contributed by atoms with van der Waals surface area (Å²) in [6.45, 7) is 6.49. The number of aliphatic hydroxyl groups is 1. The minimum Gasteiger partial charge on any atom is -0.399 e. The number of benzene rings is 1. The second-order valence-electron chi connectivity index (χ2n) is 5.16. The molecule has 0 bridgehead atoms. The molecule has 1 aliphatic rings. The van der Waals surface area contributed by atoms with Crippen molar-refractivity contribution in [3.63, 3.8) is 0 Å². The average molecular weight is 250 g/mol. The Kier molecular flexibility index (Phi) is 4.22. The Hall–Kier alpha value is -1.10. The molecule has 0 radical (unpaired) electrons. The highest BCUT2D eigenvalue weighted by molar-refractivity contribution is 5.41. The van der Waals surface area contributed by atoms with E-state index in [1.807, 2.05) is 24.3 Å². The van der Waals surface area contributed by atoms with Crippen LogP contribution in [0.25, 0.3) is 0 Å². The van der Waals surface area contributed by atoms with Crippen LogP contribution in [0.4, 0.5) is 5.69 Å². The van der Waals surface area contributed by atoms with Gasteiger partial charge in [0.05, 0.1) is 18.3 Å². The van der Waals surface area contributed by atoms with Crippen molar-refractivity contribution in [1.29, 1.82) is 0 Å². The zero-order chi connectivity index (χ0) is 13.1. The molecular formula is C14H22N2O2. The van der Waals surface area contributed by atoms with Gasteiger partial charge in [0.1, 0.15) is 0 Å². The predicted molar refractivity (Wildman–Crippen MR) is 72.3 cm³/mol. The first-order valence-electron chi connectivity index (χ1n) is 6.46. The molecule has 1 aliphatic heterocycles. The summed E-state index contributed by atoms with van der Waals surface area (Å²) in [5, 5.41) is 10.2. The molecule has 1 fully saturated rings. The first-order chi connectivity index (χ1) is 8.54. The maximum atomic E-state index is 10.2. The highest BCUT2D eigenvalue weighted by Gasteiger charge is 2.24. The van der Waals surface area contributed by atoms with Crippen LogP contribution in [0.15, 0.2) is 24.3 Å². The van der Waals surface area contributed by atoms with E-state index in [9.17, 15) is 5.11 Å². The lowest BCUT2D eigenvalue weighted by Gasteiger charge is -2.36. The molecule has 3 N–H and O–H groups in total. The van der Waals surface area contributed by atoms with E-state index in [2.05, 4.69) is 18.7 Å². The van der Waals surface area contributed by atoms with Crippen molar-refractivity contribution in [2.24, 2.45) is 0 Å². The van der Waals surface area contributed by atoms with E-state index in [0.717, 1.165) is 18.7 Å². The number of aliphatic hydroxyl groups excluding tert-OH is 1. The Morgan fingerprint density at radius 3 is 2.67 bits per heavy atom. The molecule has 0 aliphatic carbocycles. The van der Waals surface area contributed by atoms with Gasteiger partial charge in [-0.3, -0.25) is 4.90 Å². The van der Waals surface area contributed by atoms with Gasteiger partial charge in [-0.2, -0.15) is 0 Å². The zero-order valence-corrected chi connectivity index (χ0v) is 11.0. The smallest absolute Gasteiger partial charge is 0.0917 e. The van der Waals surface area contributed by atoms with Gasteiger partial charge in [-0.05, 0) is 31.5 Å². The molecule has 0 spiro atoms. The summed E-state index contributed by atoms with van der Waals surface area (Å²) < 4.78 is 5.68. The molecule has 0 aromatic heterocycles. The fourth-order valence-electron chi connectivity index (χ4n) is 2.55. The van der Waals surface area contributed by atoms with Crippen LogP contribution in [0.2, 0.25) is 0 Å². The van der Waals surface area contributed by atoms with Gasteiger partial charge < -0.3 is 15.6 Å². The quantitative estimate of drug-likeness (QED) is 0.796. The third-order valence-corrected chi connectivity index (χ3v) is 3.22. The van der Waals surface area contributed by atoms with Gasteiger partial charge in [-0.15, -0.1) is 0 Å². The molecule has 0 amide bonds. The number of hydrogen-bond donors (Lipinski definition) is 2. The number of β-amino-alcohol motifs (C(OH)–C–C–N with tert-alkyl or cyclic N) is 1. The fraction of sp³-hybridized carbons (Fsp3) is 0.571. The van der Waals surface area contributed by atoms with Gasteiger partial charge in [0.15, 0.2) is 0 Å². The number of nitrogens with two attached hydrogens (primary N) is 1. The van der Waals surface area contributed by atoms with Crippen molar-refractivity contribution in [3.8, 4) is 0 Å². The molecule has 1 heterocycles. The minimum atomic E-state index is -0.494. The van der Waals surface area contributed by atoms with Crippen LogP contribution in [0.5, 0.6) is 0 Å². The molecule has 1 unspecified atom stereocenters. The molecule has 1 aromatic carbocycles. The molecule has 1 saturated heterocycles. The van der Waals surface area contributed by atoms with Crippen LogP contribution in [-0.4, -0.2) is 41.8 Å². The number of morpholine rings is 1. The second kappa shape index (κ2) is 5.69. The highest BCUT2D eigenvalue weighted by Crippen LogP contribution is 2.19. The summed E-state index contributed by atoms with van der Waals surface area (Å²) in [7, 11) is 0. The Morgan fingerprint density at radius 2 is 2.06 bits per heavy atom. The van der Waals surface area contributed by atoms with Crippen molar-refractivity contribution < 1.29 is 9.84 Å². The fourth-order valence-corrected chi connectivity index (χ4v) is 2.55. The van der Waals surface area contributed by atoms with E-state index in [0.29, 0.717) is 12.2 Å². The van der Waals surface area contributed by atoms with Crippen LogP contribution in [0.1, 0.15) is 25.5 Å². The molecule has 100 valence electrons. The Bertz CT molecular complexity index is 387. The summed E-state index contributed by atoms with van der Waals surface area (Å²) in [6, 6.07) is 7.44. The third-order valence-electron chi connectivity index (χ3n) is 3.22. The number of hydrogen-bond acceptors (Lipinski definition) is 4. The maximum Gasteiger partial charge on any atom is 0.0917 e. The van der Waals surface area contributed by atoms with Gasteiger partial charge in [0, 0.05) is 25.3 Å². The van der Waals surface area contributed by atoms with Crippen LogP contribution in [0.3, 0.4) is 0 Å². The van der Waals surface area contributed by atoms with E-state index in [4.69, 9.17) is 10.5 Å². The molecule has 3 atom stereocenters. The van der Waals surface area contributed by atoms with E-state index in [1.165, 1.54) is 0 Å². The molecule has 0 saturated carbocycles. The molecule has 18 heavy (non-hydrogen) atoms. The lowest BCUT2D eigenvalue weighted by atomic mass is 10.1. The minimum absolute atomic E-state index is 0.224. The molecule has 4 nitrogen and oxygen atoms in total. The number of rotatable bonds is 3. The number of nitrogens with zero attached hydrogens (tertiary/aromatic N) is 1. The van der Waals surface area contributed by atoms with Gasteiger partial charge in [-0.1, -0.05) is 12.1 Å². The summed E-state index contributed by atoms with van der Waals surface area (Å²) in [6.07, 6.45) is -0.0467. The number of anilines is 1. The lowest BCUT2D eigenvalue weighted by Crippen LogP contribution is -2.46. The van der Waals surface area contributed by atoms with Crippen molar-refractivity contribution in [1.82, 2.24) is 4.90 Å². The van der Waals surface area contributed by atoms with Crippen LogP contribution in [-0.2, 0) is 4.74 Å². The Labute approximate surface area is 108 Å². The lowest BCUT2D eigenvalue weighted by molar-refractivity contribution is -0.0767. The van der Waals surface area contributed by atoms with Crippen LogP contribution in [0, 0.1) is 0 Å². The predicted octanol–water partition coefficient (Wildman–Crippen LogP) is 1.41. The number of ether oxygens (including phenoxy) is 1. The van der Waals surface area contributed by atoms with Crippen LogP contribution < -0.4 is 5.73 Å². The van der Waals surface area contributed by atoms with E-state index in [-0.39, 0.29) is 12.2 Å². The first kappa shape index (κ1) is 13.3. The van der Waals surface area contributed by atoms with Crippen LogP contribution >= 0.6 is 0 Å². The first-order valence-corrected chi connectivity index (χ1v) is 6.46. The number of nitrogen functional groups attached to an aromatic ring is 1. The summed E-state index contributed by atoms with van der Waals surface area (Å²) in [5.74, 6) is 0. The Balaban J connectivity index is 1.96. The standard InChI is InChI=1S/C14H22N2O2/c1-10-7-16(8-11(2)18-10)9-14(17)12-4-3-5-13(15)6-12/h3-6,10-11,14,17H,7-9,15H2,1-2H3/t10-,11+,14?. The Morgan fingerprint density at radius 1 is 1.39 bits per heavy atom. The zero-order valence-electron chi connectivity index (χ0n) is 11.0. The summed E-state index contributed by atoms with van der Waals surface area (Å²) in [4.78, 5) is 2.24. The van der Waals surface area contributed by atoms with E-state index < -0.39 is 6.10 Å². The maximum absolute atomic E-state index is 10.2. The van der Waals surface area contributed by atoms with Crippen molar-refractivity contribution >= 4 is 5.69 Å². The summed E-state index contributed by atoms with van der Waals surface area (Å²) >= 11 is 0. The topological polar surface area (TPSA) is 58.7 Å². The average Bonchev–Trinajstić information content (AvgIpc) is 2.27. The normalized spacial score (nSPS) is 27.1. The van der Waals surface area contributed by atoms with Crippen molar-refractivity contribution in [3.05, 3.63) is 29.8 Å². The monoisotopic (exact) mass is 250 g/mol. The van der Waals surface area contributed by atoms with Crippen molar-refractivity contribution in [2.75, 3.05) is 25.4 Å². The van der Waals surface area contributed by atoms with Gasteiger partial charge in [0.25, 0.3) is 0 Å². The van der Waals surface area contributed by atoms with E-state index >= 15 is 0 Å². The SMILES string of the molecule is C[C@@H]1CN(CC(O)c2cccc(N)c2)C[C@H](C)O1. The third kappa shape index (κ3) is 3.45.